The lowest BCUT2D eigenvalue weighted by Crippen LogP contribution is -2.44. The predicted molar refractivity (Wildman–Crippen MR) is 82.2 cm³/mol. The summed E-state index contributed by atoms with van der Waals surface area (Å²) in [6.07, 6.45) is 1.51. The van der Waals surface area contributed by atoms with Crippen LogP contribution in [0.2, 0.25) is 0 Å². The van der Waals surface area contributed by atoms with Crippen molar-refractivity contribution in [1.82, 2.24) is 5.32 Å². The van der Waals surface area contributed by atoms with E-state index in [-0.39, 0.29) is 18.3 Å². The van der Waals surface area contributed by atoms with Crippen LogP contribution in [0.25, 0.3) is 0 Å². The number of hydrogen-bond acceptors (Lipinski definition) is 4. The van der Waals surface area contributed by atoms with E-state index in [9.17, 15) is 14.7 Å². The first kappa shape index (κ1) is 16.5. The molecule has 0 radical (unpaired) electrons. The van der Waals surface area contributed by atoms with Crippen molar-refractivity contribution in [2.75, 3.05) is 0 Å². The summed E-state index contributed by atoms with van der Waals surface area (Å²) in [5.41, 5.74) is 0.903. The van der Waals surface area contributed by atoms with Crippen molar-refractivity contribution in [3.63, 3.8) is 0 Å². The van der Waals surface area contributed by atoms with E-state index in [0.29, 0.717) is 12.8 Å². The molecule has 0 heterocycles. The van der Waals surface area contributed by atoms with Crippen LogP contribution in [0.5, 0.6) is 0 Å². The van der Waals surface area contributed by atoms with E-state index in [1.54, 1.807) is 0 Å². The molecule has 1 aliphatic carbocycles. The summed E-state index contributed by atoms with van der Waals surface area (Å²) >= 11 is 0. The molecule has 22 heavy (non-hydrogen) atoms. The number of ether oxygens (including phenoxy) is 1. The van der Waals surface area contributed by atoms with Gasteiger partial charge in [0.1, 0.15) is 12.4 Å². The van der Waals surface area contributed by atoms with E-state index in [4.69, 9.17) is 4.74 Å². The highest BCUT2D eigenvalue weighted by Gasteiger charge is 2.44. The maximum absolute atomic E-state index is 11.9. The normalized spacial score (nSPS) is 19.4. The van der Waals surface area contributed by atoms with Gasteiger partial charge in [-0.05, 0) is 12.0 Å². The molecule has 1 aromatic carbocycles. The highest BCUT2D eigenvalue weighted by Crippen LogP contribution is 2.30. The number of rotatable bonds is 8. The molecule has 2 unspecified atom stereocenters. The van der Waals surface area contributed by atoms with Crippen LogP contribution in [0.1, 0.15) is 38.2 Å². The lowest BCUT2D eigenvalue weighted by atomic mass is 10.0. The number of unbranched alkanes of at least 4 members (excludes halogenated alkanes) is 1. The third kappa shape index (κ3) is 4.84. The topological polar surface area (TPSA) is 75.6 Å². The molecular formula is C17H23NO4. The van der Waals surface area contributed by atoms with Gasteiger partial charge >= 0.3 is 6.09 Å². The Morgan fingerprint density at radius 2 is 2.09 bits per heavy atom. The number of carbonyl (C=O) groups is 2. The maximum Gasteiger partial charge on any atom is 0.407 e. The van der Waals surface area contributed by atoms with Crippen molar-refractivity contribution >= 4 is 11.9 Å². The Morgan fingerprint density at radius 1 is 1.41 bits per heavy atom. The summed E-state index contributed by atoms with van der Waals surface area (Å²) in [5.74, 6) is -0.260. The molecule has 1 amide bonds. The van der Waals surface area contributed by atoms with Crippen LogP contribution < -0.4 is 5.32 Å². The fourth-order valence-electron chi connectivity index (χ4n) is 2.42. The summed E-state index contributed by atoms with van der Waals surface area (Å²) in [6.45, 7) is 2.23. The summed E-state index contributed by atoms with van der Waals surface area (Å²) in [5, 5.41) is 12.9. The largest absolute Gasteiger partial charge is 0.445 e. The van der Waals surface area contributed by atoms with Gasteiger partial charge < -0.3 is 15.2 Å². The molecular weight excluding hydrogens is 282 g/mol. The first-order chi connectivity index (χ1) is 10.6. The second-order valence-electron chi connectivity index (χ2n) is 5.72. The van der Waals surface area contributed by atoms with Crippen LogP contribution in [0.3, 0.4) is 0 Å². The number of ketones is 1. The second kappa shape index (κ2) is 7.94. The standard InChI is InChI=1S/C17H23NO4/c1-2-3-9-14(16(20)13-10-15(13)19)18-17(21)22-11-12-7-5-4-6-8-12/h4-8,13-14,16,20H,2-3,9-11H2,1H3,(H,18,21)/t13?,14-,16?/m0/s1. The molecule has 1 aromatic rings. The number of aliphatic hydroxyl groups excluding tert-OH is 1. The molecule has 2 rings (SSSR count). The van der Waals surface area contributed by atoms with Gasteiger partial charge in [-0.25, -0.2) is 4.79 Å². The first-order valence-corrected chi connectivity index (χ1v) is 7.79. The number of aliphatic hydroxyl groups is 1. The van der Waals surface area contributed by atoms with Gasteiger partial charge in [-0.1, -0.05) is 50.1 Å². The van der Waals surface area contributed by atoms with E-state index < -0.39 is 18.2 Å². The van der Waals surface area contributed by atoms with Crippen LogP contribution in [0.4, 0.5) is 4.79 Å². The molecule has 1 saturated carbocycles. The fourth-order valence-corrected chi connectivity index (χ4v) is 2.42. The Hall–Kier alpha value is -1.88. The minimum absolute atomic E-state index is 0.0634. The number of hydrogen-bond donors (Lipinski definition) is 2. The number of Topliss-reactive ketones (excluding diaryl/α,β-unsaturated/α-hetero) is 1. The lowest BCUT2D eigenvalue weighted by Gasteiger charge is -2.23. The van der Waals surface area contributed by atoms with E-state index in [1.165, 1.54) is 0 Å². The summed E-state index contributed by atoms with van der Waals surface area (Å²) < 4.78 is 5.17. The summed E-state index contributed by atoms with van der Waals surface area (Å²) in [7, 11) is 0. The molecule has 1 aliphatic rings. The summed E-state index contributed by atoms with van der Waals surface area (Å²) in [4.78, 5) is 23.1. The second-order valence-corrected chi connectivity index (χ2v) is 5.72. The third-order valence-corrected chi connectivity index (χ3v) is 3.88. The molecule has 0 aromatic heterocycles. The van der Waals surface area contributed by atoms with Crippen LogP contribution >= 0.6 is 0 Å². The van der Waals surface area contributed by atoms with E-state index in [2.05, 4.69) is 5.32 Å². The zero-order valence-electron chi connectivity index (χ0n) is 12.8. The number of carbonyl (C=O) groups excluding carboxylic acids is 2. The van der Waals surface area contributed by atoms with Gasteiger partial charge in [0, 0.05) is 6.42 Å². The predicted octanol–water partition coefficient (Wildman–Crippen LogP) is 2.42. The Kier molecular flexibility index (Phi) is 5.95. The Morgan fingerprint density at radius 3 is 2.68 bits per heavy atom. The Bertz CT molecular complexity index is 503. The van der Waals surface area contributed by atoms with Crippen molar-refractivity contribution in [3.05, 3.63) is 35.9 Å². The van der Waals surface area contributed by atoms with Gasteiger partial charge in [-0.15, -0.1) is 0 Å². The van der Waals surface area contributed by atoms with E-state index in [1.807, 2.05) is 37.3 Å². The minimum Gasteiger partial charge on any atom is -0.445 e. The van der Waals surface area contributed by atoms with Crippen molar-refractivity contribution in [1.29, 1.82) is 0 Å². The monoisotopic (exact) mass is 305 g/mol. The molecule has 2 N–H and O–H groups in total. The van der Waals surface area contributed by atoms with Crippen LogP contribution in [0.15, 0.2) is 30.3 Å². The molecule has 120 valence electrons. The molecule has 3 atom stereocenters. The average molecular weight is 305 g/mol. The maximum atomic E-state index is 11.9. The zero-order chi connectivity index (χ0) is 15.9. The van der Waals surface area contributed by atoms with Crippen molar-refractivity contribution in [2.45, 2.75) is 51.4 Å². The van der Waals surface area contributed by atoms with Crippen molar-refractivity contribution in [3.8, 4) is 0 Å². The average Bonchev–Trinajstić information content (AvgIpc) is 3.26. The minimum atomic E-state index is -0.816. The molecule has 0 saturated heterocycles. The molecule has 0 aliphatic heterocycles. The number of nitrogens with one attached hydrogen (secondary N) is 1. The molecule has 0 spiro atoms. The van der Waals surface area contributed by atoms with Crippen molar-refractivity contribution < 1.29 is 19.4 Å². The van der Waals surface area contributed by atoms with Gasteiger partial charge in [0.15, 0.2) is 0 Å². The third-order valence-electron chi connectivity index (χ3n) is 3.88. The highest BCUT2D eigenvalue weighted by atomic mass is 16.5. The molecule has 5 heteroatoms. The summed E-state index contributed by atoms with van der Waals surface area (Å²) in [6, 6.07) is 8.97. The van der Waals surface area contributed by atoms with Gasteiger partial charge in [-0.3, -0.25) is 4.79 Å². The van der Waals surface area contributed by atoms with E-state index >= 15 is 0 Å². The number of alkyl carbamates (subject to hydrolysis) is 1. The highest BCUT2D eigenvalue weighted by molar-refractivity contribution is 5.96. The molecule has 1 fully saturated rings. The van der Waals surface area contributed by atoms with Gasteiger partial charge in [0.05, 0.1) is 18.1 Å². The fraction of sp³-hybridized carbons (Fsp3) is 0.529. The van der Waals surface area contributed by atoms with Crippen LogP contribution in [0, 0.1) is 5.92 Å². The van der Waals surface area contributed by atoms with E-state index in [0.717, 1.165) is 18.4 Å². The number of benzene rings is 1. The zero-order valence-corrected chi connectivity index (χ0v) is 12.8. The van der Waals surface area contributed by atoms with Gasteiger partial charge in [0.2, 0.25) is 0 Å². The van der Waals surface area contributed by atoms with Crippen LogP contribution in [-0.2, 0) is 16.1 Å². The first-order valence-electron chi connectivity index (χ1n) is 7.79. The molecule has 5 nitrogen and oxygen atoms in total. The quantitative estimate of drug-likeness (QED) is 0.773. The van der Waals surface area contributed by atoms with Gasteiger partial charge in [-0.2, -0.15) is 0 Å². The molecule has 0 bridgehead atoms. The van der Waals surface area contributed by atoms with Gasteiger partial charge in [0.25, 0.3) is 0 Å². The number of amides is 1. The Labute approximate surface area is 130 Å². The Balaban J connectivity index is 1.83. The smallest absolute Gasteiger partial charge is 0.407 e. The lowest BCUT2D eigenvalue weighted by molar-refractivity contribution is -0.112. The van der Waals surface area contributed by atoms with Crippen LogP contribution in [-0.4, -0.2) is 29.1 Å². The van der Waals surface area contributed by atoms with Crippen molar-refractivity contribution in [2.24, 2.45) is 5.92 Å². The SMILES string of the molecule is CCCC[C@H](NC(=O)OCc1ccccc1)C(O)C1CC1=O.